The molecule has 18 heavy (non-hydrogen) atoms. The maximum absolute atomic E-state index is 2.18. The third-order valence-electron chi connectivity index (χ3n) is 3.18. The number of aryl methyl sites for hydroxylation is 1. The van der Waals surface area contributed by atoms with Crippen molar-refractivity contribution in [2.75, 3.05) is 0 Å². The number of hydrogen-bond donors (Lipinski definition) is 0. The second-order valence-electron chi connectivity index (χ2n) is 4.46. The Balaban J connectivity index is 2.03. The Kier molecular flexibility index (Phi) is 2.73. The molecule has 1 nitrogen and oxygen atoms in total. The first-order chi connectivity index (χ1) is 8.84. The lowest BCUT2D eigenvalue weighted by Crippen LogP contribution is -1.81. The molecule has 0 atom stereocenters. The Labute approximate surface area is 107 Å². The van der Waals surface area contributed by atoms with E-state index in [0.29, 0.717) is 0 Å². The van der Waals surface area contributed by atoms with E-state index in [1.165, 1.54) is 22.0 Å². The Bertz CT molecular complexity index is 690. The molecule has 0 aliphatic heterocycles. The average molecular weight is 233 g/mol. The molecule has 1 heteroatoms. The molecule has 0 unspecified atom stereocenters. The van der Waals surface area contributed by atoms with Crippen LogP contribution in [0, 0.1) is 0 Å². The second kappa shape index (κ2) is 4.53. The topological polar surface area (TPSA) is 4.93 Å². The van der Waals surface area contributed by atoms with Gasteiger partial charge in [-0.3, -0.25) is 0 Å². The highest BCUT2D eigenvalue weighted by atomic mass is 14.9. The maximum Gasteiger partial charge on any atom is 0.0483 e. The van der Waals surface area contributed by atoms with Crippen LogP contribution >= 0.6 is 0 Å². The van der Waals surface area contributed by atoms with E-state index in [1.807, 2.05) is 6.07 Å². The third-order valence-corrected chi connectivity index (χ3v) is 3.18. The predicted molar refractivity (Wildman–Crippen MR) is 78.3 cm³/mol. The number of benzene rings is 2. The van der Waals surface area contributed by atoms with E-state index in [0.717, 1.165) is 0 Å². The predicted octanol–water partition coefficient (Wildman–Crippen LogP) is 4.35. The summed E-state index contributed by atoms with van der Waals surface area (Å²) in [5.74, 6) is 0. The highest BCUT2D eigenvalue weighted by molar-refractivity contribution is 5.91. The smallest absolute Gasteiger partial charge is 0.0483 e. The first-order valence-electron chi connectivity index (χ1n) is 6.12. The van der Waals surface area contributed by atoms with Crippen molar-refractivity contribution < 1.29 is 0 Å². The molecular weight excluding hydrogens is 218 g/mol. The van der Waals surface area contributed by atoms with E-state index in [2.05, 4.69) is 78.5 Å². The molecule has 1 aromatic heterocycles. The van der Waals surface area contributed by atoms with Crippen LogP contribution in [0.2, 0.25) is 0 Å². The van der Waals surface area contributed by atoms with Crippen LogP contribution in [-0.2, 0) is 7.05 Å². The lowest BCUT2D eigenvalue weighted by atomic mass is 10.1. The summed E-state index contributed by atoms with van der Waals surface area (Å²) in [6.45, 7) is 0. The average Bonchev–Trinajstić information content (AvgIpc) is 2.75. The van der Waals surface area contributed by atoms with Crippen molar-refractivity contribution in [3.05, 3.63) is 71.9 Å². The van der Waals surface area contributed by atoms with Gasteiger partial charge in [0.2, 0.25) is 0 Å². The van der Waals surface area contributed by atoms with Crippen LogP contribution in [0.25, 0.3) is 23.1 Å². The molecule has 0 radical (unpaired) electrons. The fraction of sp³-hybridized carbons (Fsp3) is 0.0588. The van der Waals surface area contributed by atoms with E-state index < -0.39 is 0 Å². The fourth-order valence-electron chi connectivity index (χ4n) is 2.26. The van der Waals surface area contributed by atoms with Gasteiger partial charge in [0.25, 0.3) is 0 Å². The van der Waals surface area contributed by atoms with E-state index in [1.54, 1.807) is 0 Å². The minimum absolute atomic E-state index is 1.23. The van der Waals surface area contributed by atoms with Crippen molar-refractivity contribution in [1.29, 1.82) is 0 Å². The molecule has 0 saturated carbocycles. The van der Waals surface area contributed by atoms with Crippen LogP contribution in [0.15, 0.2) is 60.8 Å². The number of fused-ring (bicyclic) bond motifs is 1. The zero-order chi connectivity index (χ0) is 12.4. The highest BCUT2D eigenvalue weighted by Crippen LogP contribution is 2.22. The number of rotatable bonds is 2. The van der Waals surface area contributed by atoms with Gasteiger partial charge >= 0.3 is 0 Å². The largest absolute Gasteiger partial charge is 0.350 e. The molecule has 0 fully saturated rings. The van der Waals surface area contributed by atoms with Gasteiger partial charge in [0.15, 0.2) is 0 Å². The number of nitrogens with zero attached hydrogens (tertiary/aromatic N) is 1. The van der Waals surface area contributed by atoms with Gasteiger partial charge in [0, 0.05) is 24.1 Å². The maximum atomic E-state index is 2.18. The van der Waals surface area contributed by atoms with Crippen molar-refractivity contribution in [1.82, 2.24) is 4.57 Å². The summed E-state index contributed by atoms with van der Waals surface area (Å²) >= 11 is 0. The standard InChI is InChI=1S/C17H15N/c1-18-13-15(16-9-5-6-10-17(16)18)12-11-14-7-3-2-4-8-14/h2-13H,1H3/b12-11+. The van der Waals surface area contributed by atoms with E-state index in [4.69, 9.17) is 0 Å². The first-order valence-corrected chi connectivity index (χ1v) is 6.12. The molecule has 0 aliphatic carbocycles. The van der Waals surface area contributed by atoms with Gasteiger partial charge in [-0.2, -0.15) is 0 Å². The van der Waals surface area contributed by atoms with E-state index >= 15 is 0 Å². The third kappa shape index (κ3) is 1.95. The van der Waals surface area contributed by atoms with Crippen molar-refractivity contribution >= 4 is 23.1 Å². The second-order valence-corrected chi connectivity index (χ2v) is 4.46. The van der Waals surface area contributed by atoms with Crippen molar-refractivity contribution in [3.8, 4) is 0 Å². The summed E-state index contributed by atoms with van der Waals surface area (Å²) in [4.78, 5) is 0. The molecule has 0 N–H and O–H groups in total. The van der Waals surface area contributed by atoms with E-state index in [9.17, 15) is 0 Å². The lowest BCUT2D eigenvalue weighted by molar-refractivity contribution is 0.968. The molecule has 0 saturated heterocycles. The van der Waals surface area contributed by atoms with Gasteiger partial charge in [-0.05, 0) is 17.2 Å². The molecular formula is C17H15N. The molecule has 0 aliphatic rings. The van der Waals surface area contributed by atoms with E-state index in [-0.39, 0.29) is 0 Å². The number of hydrogen-bond acceptors (Lipinski definition) is 0. The summed E-state index contributed by atoms with van der Waals surface area (Å²) in [6, 6.07) is 18.9. The van der Waals surface area contributed by atoms with Crippen LogP contribution in [0.5, 0.6) is 0 Å². The highest BCUT2D eigenvalue weighted by Gasteiger charge is 2.02. The Morgan fingerprint density at radius 3 is 2.39 bits per heavy atom. The Morgan fingerprint density at radius 1 is 0.833 bits per heavy atom. The van der Waals surface area contributed by atoms with Crippen LogP contribution in [0.3, 0.4) is 0 Å². The summed E-state index contributed by atoms with van der Waals surface area (Å²) in [5.41, 5.74) is 3.76. The van der Waals surface area contributed by atoms with Crippen LogP contribution < -0.4 is 0 Å². The lowest BCUT2D eigenvalue weighted by Gasteiger charge is -1.93. The first kappa shape index (κ1) is 10.8. The minimum Gasteiger partial charge on any atom is -0.350 e. The van der Waals surface area contributed by atoms with Crippen molar-refractivity contribution in [3.63, 3.8) is 0 Å². The molecule has 2 aromatic carbocycles. The summed E-state index contributed by atoms with van der Waals surface area (Å²) < 4.78 is 2.17. The SMILES string of the molecule is Cn1cc(/C=C/c2ccccc2)c2ccccc21. The molecule has 3 rings (SSSR count). The summed E-state index contributed by atoms with van der Waals surface area (Å²) in [6.07, 6.45) is 6.50. The van der Waals surface area contributed by atoms with Gasteiger partial charge in [0.1, 0.15) is 0 Å². The summed E-state index contributed by atoms with van der Waals surface area (Å²) in [5, 5.41) is 1.30. The molecule has 3 aromatic rings. The zero-order valence-electron chi connectivity index (χ0n) is 10.4. The van der Waals surface area contributed by atoms with Gasteiger partial charge in [0.05, 0.1) is 0 Å². The fourth-order valence-corrected chi connectivity index (χ4v) is 2.26. The molecule has 88 valence electrons. The minimum atomic E-state index is 1.23. The van der Waals surface area contributed by atoms with Gasteiger partial charge < -0.3 is 4.57 Å². The molecule has 0 spiro atoms. The van der Waals surface area contributed by atoms with Crippen LogP contribution in [0.4, 0.5) is 0 Å². The normalized spacial score (nSPS) is 11.4. The number of aromatic nitrogens is 1. The Morgan fingerprint density at radius 2 is 1.56 bits per heavy atom. The quantitative estimate of drug-likeness (QED) is 0.620. The zero-order valence-corrected chi connectivity index (χ0v) is 10.4. The monoisotopic (exact) mass is 233 g/mol. The van der Waals surface area contributed by atoms with Gasteiger partial charge in [-0.25, -0.2) is 0 Å². The van der Waals surface area contributed by atoms with Crippen LogP contribution in [-0.4, -0.2) is 4.57 Å². The Hall–Kier alpha value is -2.28. The van der Waals surface area contributed by atoms with Crippen LogP contribution in [0.1, 0.15) is 11.1 Å². The molecule has 0 bridgehead atoms. The molecule has 0 amide bonds. The van der Waals surface area contributed by atoms with Crippen molar-refractivity contribution in [2.45, 2.75) is 0 Å². The van der Waals surface area contributed by atoms with Gasteiger partial charge in [-0.15, -0.1) is 0 Å². The number of para-hydroxylation sites is 1. The molecule has 1 heterocycles. The van der Waals surface area contributed by atoms with Gasteiger partial charge in [-0.1, -0.05) is 60.7 Å². The van der Waals surface area contributed by atoms with Crippen molar-refractivity contribution in [2.24, 2.45) is 7.05 Å². The summed E-state index contributed by atoms with van der Waals surface area (Å²) in [7, 11) is 2.09.